The van der Waals surface area contributed by atoms with E-state index in [2.05, 4.69) is 119 Å². The molecule has 3 aromatic carbocycles. The fourth-order valence-electron chi connectivity index (χ4n) is 11.8. The van der Waals surface area contributed by atoms with Crippen molar-refractivity contribution in [2.24, 2.45) is 21.1 Å². The molecule has 691 valence electrons. The number of nitrogens with one attached hydrogen (secondary N) is 1. The van der Waals surface area contributed by atoms with Crippen LogP contribution in [0.1, 0.15) is 155 Å². The summed E-state index contributed by atoms with van der Waals surface area (Å²) in [4.78, 5) is 184. The molecule has 11 rings (SSSR count). The average molecular weight is 1960 g/mol. The van der Waals surface area contributed by atoms with Crippen LogP contribution in [0.15, 0.2) is 163 Å². The van der Waals surface area contributed by atoms with Crippen LogP contribution in [0.2, 0.25) is 15.5 Å². The lowest BCUT2D eigenvalue weighted by Crippen LogP contribution is -2.39. The van der Waals surface area contributed by atoms with Crippen molar-refractivity contribution in [3.05, 3.63) is 240 Å². The van der Waals surface area contributed by atoms with Crippen molar-refractivity contribution in [2.75, 3.05) is 51.0 Å². The molecule has 8 aromatic heterocycles. The monoisotopic (exact) mass is 1960 g/mol. The third-order valence-electron chi connectivity index (χ3n) is 18.5. The van der Waals surface area contributed by atoms with Crippen LogP contribution < -0.4 is 49.5 Å². The van der Waals surface area contributed by atoms with Crippen molar-refractivity contribution in [2.45, 2.75) is 138 Å². The summed E-state index contributed by atoms with van der Waals surface area (Å²) >= 11 is 18.9. The second kappa shape index (κ2) is 55.0. The van der Waals surface area contributed by atoms with Gasteiger partial charge in [-0.05, 0) is 88.6 Å². The minimum Gasteiger partial charge on any atom is -0.537 e. The Hall–Kier alpha value is -12.8. The van der Waals surface area contributed by atoms with E-state index in [4.69, 9.17) is 70.6 Å². The number of benzene rings is 3. The lowest BCUT2D eigenvalue weighted by Gasteiger charge is -2.14. The molecule has 0 aliphatic heterocycles. The lowest BCUT2D eigenvalue weighted by molar-refractivity contribution is -0.145. The number of rotatable bonds is 26. The van der Waals surface area contributed by atoms with Gasteiger partial charge in [0.25, 0.3) is 16.7 Å². The number of carbonyl (C=O) groups excluding carboxylic acids is 5. The maximum atomic E-state index is 13.0. The fourth-order valence-corrected chi connectivity index (χ4v) is 12.3. The Morgan fingerprint density at radius 3 is 1.23 bits per heavy atom. The molecule has 0 saturated heterocycles. The molecule has 0 fully saturated rings. The number of hydrogen-bond acceptors (Lipinski definition) is 27. The molecule has 11 aromatic rings. The van der Waals surface area contributed by atoms with Crippen LogP contribution in [-0.2, 0) is 88.5 Å². The standard InChI is InChI=1S/C21H23N3O4.C20H23N3O3.C12H12ClN3O4.C12H13ClN2O5.C9H12BO2.C6H5ClN2O2.C5H8O4.CH3I.CH4/c1-13(2)14-7-5-6-8-15(14)17-11-16-18(12-22-17)23(3)21(27)24(20(16)26)10-9-19(25)28-4;1-13(2)14-7-4-5-8-15(14)17-11-16-18(12-21-17)22(3)20(26)23(19(16)25)9-6-10-24;1-15-8-6-14-9(13)5-7(8)11(18)16(12(15)19)4-3-10(17)20-2;1-20-11(17)4-2-3-10(16)15-8-6-14-9(13)5-7(8)12(18)19;1-7(2)8-5-3-4-6-9(8)12-10-11;7-5-1-3(6(10)11)4(8)2-9-5;1-9-5(8)3-2-4(6)7;1-2;/h5-8,11-13H,9-10H2,1-4H3;4-5,7-8,11-13,24H,6,9-10H2,1-3H3;5-6H,3-4H2,1-2H3;5-6H,2-4H2,1H3,(H,15,16)(H,18,19);3-7,11H,1-2H3;1-2H,8H2,(H,10,11);2-3H2,1H3,(H,6,7);1H3;1H4. The number of aromatic nitrogens is 11. The number of aliphatic hydroxyl groups is 1. The highest BCUT2D eigenvalue weighted by atomic mass is 127. The van der Waals surface area contributed by atoms with Crippen LogP contribution in [0.25, 0.3) is 55.2 Å². The van der Waals surface area contributed by atoms with E-state index in [9.17, 15) is 67.1 Å². The number of carboxylic acid groups (broad SMARTS) is 3. The first kappa shape index (κ1) is 110. The number of methoxy groups -OCH3 is 4. The Morgan fingerprint density at radius 2 is 0.829 bits per heavy atom. The zero-order chi connectivity index (χ0) is 95.9. The zero-order valence-corrected chi connectivity index (χ0v) is 76.9. The van der Waals surface area contributed by atoms with Crippen molar-refractivity contribution < 1.29 is 87.4 Å². The number of anilines is 2. The smallest absolute Gasteiger partial charge is 0.537 e. The first-order valence-electron chi connectivity index (χ1n) is 38.9. The lowest BCUT2D eigenvalue weighted by atomic mass is 9.95. The van der Waals surface area contributed by atoms with E-state index in [0.717, 1.165) is 48.8 Å². The van der Waals surface area contributed by atoms with Gasteiger partial charge in [-0.25, -0.2) is 38.9 Å². The number of amides is 1. The number of nitrogen functional groups attached to an aromatic ring is 1. The Kier molecular flexibility index (Phi) is 47.1. The predicted octanol–water partition coefficient (Wildman–Crippen LogP) is 11.2. The molecule has 0 bridgehead atoms. The number of halogens is 4. The molecule has 0 saturated carbocycles. The molecule has 8 heterocycles. The molecule has 0 unspecified atom stereocenters. The largest absolute Gasteiger partial charge is 0.569 e. The second-order valence-electron chi connectivity index (χ2n) is 27.9. The SMILES string of the molecule is C.CC(C)c1ccccc1-c1cc2c(=O)n(CCCO)c(=O)n(C)c2cn1.CC(C)c1ccccc1O[B]O.CI.COC(=O)CCC(=O)O.COC(=O)CCCC(=O)Nc1cnc(Cl)cc1C(=O)O.COC(=O)CCn1c(=O)c2cc(-c3ccccc3C(C)C)ncc2n(C)c1=O.COC(=O)CCn1c(=O)c2cc(Cl)ncc2n(C)c1=O.Nc1cnc(Cl)cc1C(=O)O. The number of ether oxygens (including phenoxy) is 4. The summed E-state index contributed by atoms with van der Waals surface area (Å²) in [5.41, 5.74) is 10.7. The van der Waals surface area contributed by atoms with Gasteiger partial charge in [0.05, 0.1) is 152 Å². The minimum absolute atomic E-state index is 0. The van der Waals surface area contributed by atoms with E-state index in [-0.39, 0.29) is 121 Å². The summed E-state index contributed by atoms with van der Waals surface area (Å²) in [7, 11) is 10.5. The summed E-state index contributed by atoms with van der Waals surface area (Å²) in [5.74, 6) is -3.85. The summed E-state index contributed by atoms with van der Waals surface area (Å²) in [6.07, 6.45) is 7.42. The molecule has 0 atom stereocenters. The summed E-state index contributed by atoms with van der Waals surface area (Å²) in [6.45, 7) is 12.6. The third-order valence-corrected chi connectivity index (χ3v) is 19.1. The number of aryl methyl sites for hydroxylation is 3. The number of carbonyl (C=O) groups is 8. The van der Waals surface area contributed by atoms with E-state index in [1.165, 1.54) is 84.5 Å². The zero-order valence-electron chi connectivity index (χ0n) is 72.5. The number of nitrogens with two attached hydrogens (primary N) is 1. The molecule has 129 heavy (non-hydrogen) atoms. The summed E-state index contributed by atoms with van der Waals surface area (Å²) in [5, 5.41) is 46.9. The molecule has 1 amide bonds. The van der Waals surface area contributed by atoms with E-state index < -0.39 is 75.9 Å². The van der Waals surface area contributed by atoms with E-state index in [1.54, 1.807) is 38.6 Å². The Bertz CT molecular complexity index is 6140. The number of aromatic carboxylic acids is 2. The normalized spacial score (nSPS) is 10.3. The Morgan fingerprint density at radius 1 is 0.465 bits per heavy atom. The summed E-state index contributed by atoms with van der Waals surface area (Å²) < 4.78 is 30.0. The van der Waals surface area contributed by atoms with Gasteiger partial charge in [-0.2, -0.15) is 0 Å². The number of carboxylic acids is 3. The highest BCUT2D eigenvalue weighted by molar-refractivity contribution is 14.1. The topological polar surface area (TPSA) is 518 Å². The van der Waals surface area contributed by atoms with Gasteiger partial charge in [-0.1, -0.05) is 173 Å². The third kappa shape index (κ3) is 32.5. The van der Waals surface area contributed by atoms with Gasteiger partial charge in [-0.15, -0.1) is 0 Å². The number of alkyl halides is 1. The highest BCUT2D eigenvalue weighted by Crippen LogP contribution is 2.31. The van der Waals surface area contributed by atoms with Crippen LogP contribution in [-0.4, -0.2) is 173 Å². The Labute approximate surface area is 769 Å². The minimum atomic E-state index is -1.22. The molecular formula is C87H103BCl3IN13O24. The van der Waals surface area contributed by atoms with Crippen molar-refractivity contribution in [1.29, 1.82) is 0 Å². The molecule has 1 radical (unpaired) electrons. The number of para-hydroxylation sites is 1. The Balaban J connectivity index is 0.000000398. The highest BCUT2D eigenvalue weighted by Gasteiger charge is 2.21. The number of esters is 4. The van der Waals surface area contributed by atoms with Gasteiger partial charge < -0.3 is 60.1 Å². The number of aliphatic hydroxyl groups excluding tert-OH is 1. The van der Waals surface area contributed by atoms with Gasteiger partial charge in [0.15, 0.2) is 0 Å². The maximum absolute atomic E-state index is 13.0. The summed E-state index contributed by atoms with van der Waals surface area (Å²) in [6, 6.07) is 30.8. The van der Waals surface area contributed by atoms with Crippen molar-refractivity contribution in [1.82, 2.24) is 52.3 Å². The molecule has 0 aliphatic rings. The molecular weight excluding hydrogens is 1860 g/mol. The van der Waals surface area contributed by atoms with E-state index in [0.29, 0.717) is 77.0 Å². The molecule has 37 nitrogen and oxygen atoms in total. The van der Waals surface area contributed by atoms with Gasteiger partial charge >= 0.3 is 66.5 Å². The quantitative estimate of drug-likeness (QED) is 0.00661. The van der Waals surface area contributed by atoms with Gasteiger partial charge in [0.1, 0.15) is 21.2 Å². The van der Waals surface area contributed by atoms with Crippen LogP contribution in [0.4, 0.5) is 11.4 Å². The average Bonchev–Trinajstić information content (AvgIpc) is 0.763. The van der Waals surface area contributed by atoms with Crippen molar-refractivity contribution >= 4 is 157 Å². The van der Waals surface area contributed by atoms with Crippen LogP contribution in [0, 0.1) is 0 Å². The van der Waals surface area contributed by atoms with Crippen LogP contribution in [0.3, 0.4) is 0 Å². The number of hydrogen-bond donors (Lipinski definition) is 7. The number of fused-ring (bicyclic) bond motifs is 3. The van der Waals surface area contributed by atoms with Crippen molar-refractivity contribution in [3.63, 3.8) is 0 Å². The van der Waals surface area contributed by atoms with E-state index >= 15 is 0 Å². The fraction of sp³-hybridized carbons (Fsp3) is 0.345. The second-order valence-corrected chi connectivity index (χ2v) is 29.1. The predicted molar refractivity (Wildman–Crippen MR) is 499 cm³/mol. The first-order valence-corrected chi connectivity index (χ1v) is 42.2. The molecule has 0 spiro atoms. The van der Waals surface area contributed by atoms with Gasteiger partial charge in [0.2, 0.25) is 5.91 Å². The molecule has 42 heteroatoms. The van der Waals surface area contributed by atoms with Crippen LogP contribution in [0.5, 0.6) is 5.75 Å². The van der Waals surface area contributed by atoms with Gasteiger partial charge in [-0.3, -0.25) is 80.5 Å². The first-order chi connectivity index (χ1) is 60.7. The number of nitrogens with zero attached hydrogens (tertiary/aromatic N) is 11. The maximum Gasteiger partial charge on any atom is 0.569 e. The number of aliphatic carboxylic acids is 1. The molecule has 8 N–H and O–H groups in total. The van der Waals surface area contributed by atoms with Crippen LogP contribution >= 0.6 is 57.4 Å². The molecule has 0 aliphatic carbocycles. The number of pyridine rings is 5. The van der Waals surface area contributed by atoms with Gasteiger partial charge in [0, 0.05) is 71.4 Å². The van der Waals surface area contributed by atoms with E-state index in [1.807, 2.05) is 71.7 Å². The van der Waals surface area contributed by atoms with Crippen molar-refractivity contribution in [3.8, 4) is 28.3 Å².